The third kappa shape index (κ3) is 3.34. The molecule has 0 spiro atoms. The Morgan fingerprint density at radius 1 is 1.31 bits per heavy atom. The maximum absolute atomic E-state index is 9.64. The zero-order chi connectivity index (χ0) is 12.1. The number of ether oxygens (including phenoxy) is 2. The van der Waals surface area contributed by atoms with E-state index in [2.05, 4.69) is 0 Å². The maximum Gasteiger partial charge on any atom is 0.147 e. The van der Waals surface area contributed by atoms with Crippen LogP contribution in [0.5, 0.6) is 0 Å². The van der Waals surface area contributed by atoms with Crippen LogP contribution in [-0.4, -0.2) is 25.1 Å². The Hall–Kier alpha value is -0.320. The maximum atomic E-state index is 9.64. The Morgan fingerprint density at radius 3 is 2.31 bits per heavy atom. The average Bonchev–Trinajstić information content (AvgIpc) is 2.21. The van der Waals surface area contributed by atoms with Crippen LogP contribution in [0.15, 0.2) is 18.2 Å². The molecule has 1 rings (SSSR count). The highest BCUT2D eigenvalue weighted by Crippen LogP contribution is 2.34. The Bertz CT molecular complexity index is 322. The molecule has 1 N–H and O–H groups in total. The minimum Gasteiger partial charge on any atom is -0.390 e. The standard InChI is InChI=1S/C11H14Cl2O3/c1-7(14)11(16-6-15-2)10-8(12)4-3-5-9(10)13/h3-5,7,11,14H,6H2,1-2H3/t7-,11?/m1/s1. The quantitative estimate of drug-likeness (QED) is 0.831. The number of halogens is 2. The number of rotatable bonds is 5. The SMILES string of the molecule is COCOC(c1c(Cl)cccc1Cl)[C@@H](C)O. The summed E-state index contributed by atoms with van der Waals surface area (Å²) in [5, 5.41) is 10.6. The van der Waals surface area contributed by atoms with Gasteiger partial charge in [0.25, 0.3) is 0 Å². The fourth-order valence-corrected chi connectivity index (χ4v) is 2.00. The molecule has 1 unspecified atom stereocenters. The van der Waals surface area contributed by atoms with Crippen molar-refractivity contribution in [3.63, 3.8) is 0 Å². The van der Waals surface area contributed by atoms with Gasteiger partial charge < -0.3 is 14.6 Å². The van der Waals surface area contributed by atoms with Crippen LogP contribution in [0.4, 0.5) is 0 Å². The summed E-state index contributed by atoms with van der Waals surface area (Å²) in [6, 6.07) is 5.15. The molecule has 0 radical (unpaired) electrons. The van der Waals surface area contributed by atoms with Gasteiger partial charge in [-0.25, -0.2) is 0 Å². The number of methoxy groups -OCH3 is 1. The molecule has 0 aliphatic heterocycles. The van der Waals surface area contributed by atoms with Gasteiger partial charge in [0.1, 0.15) is 12.9 Å². The highest BCUT2D eigenvalue weighted by atomic mass is 35.5. The van der Waals surface area contributed by atoms with Gasteiger partial charge in [0.15, 0.2) is 0 Å². The first-order valence-corrected chi connectivity index (χ1v) is 5.56. The summed E-state index contributed by atoms with van der Waals surface area (Å²) in [6.45, 7) is 1.68. The topological polar surface area (TPSA) is 38.7 Å². The molecular weight excluding hydrogens is 251 g/mol. The summed E-state index contributed by atoms with van der Waals surface area (Å²) in [5.41, 5.74) is 0.581. The molecule has 0 aliphatic carbocycles. The zero-order valence-electron chi connectivity index (χ0n) is 9.11. The van der Waals surface area contributed by atoms with Crippen LogP contribution in [0.1, 0.15) is 18.6 Å². The minimum absolute atomic E-state index is 0.0666. The van der Waals surface area contributed by atoms with Crippen LogP contribution in [0, 0.1) is 0 Å². The van der Waals surface area contributed by atoms with Crippen molar-refractivity contribution in [2.45, 2.75) is 19.1 Å². The average molecular weight is 265 g/mol. The van der Waals surface area contributed by atoms with Gasteiger partial charge >= 0.3 is 0 Å². The third-order valence-corrected chi connectivity index (χ3v) is 2.75. The van der Waals surface area contributed by atoms with Gasteiger partial charge in [-0.1, -0.05) is 29.3 Å². The second-order valence-electron chi connectivity index (χ2n) is 3.37. The first-order valence-electron chi connectivity index (χ1n) is 4.80. The van der Waals surface area contributed by atoms with Crippen molar-refractivity contribution in [2.75, 3.05) is 13.9 Å². The first kappa shape index (κ1) is 13.7. The molecule has 16 heavy (non-hydrogen) atoms. The molecule has 3 nitrogen and oxygen atoms in total. The van der Waals surface area contributed by atoms with Gasteiger partial charge in [0, 0.05) is 22.7 Å². The van der Waals surface area contributed by atoms with Crippen molar-refractivity contribution in [1.29, 1.82) is 0 Å². The highest BCUT2D eigenvalue weighted by molar-refractivity contribution is 6.36. The minimum atomic E-state index is -0.729. The Labute approximate surface area is 105 Å². The van der Waals surface area contributed by atoms with Crippen LogP contribution in [-0.2, 0) is 9.47 Å². The molecule has 0 fully saturated rings. The second-order valence-corrected chi connectivity index (χ2v) is 4.18. The molecule has 2 atom stereocenters. The Kier molecular flexibility index (Phi) is 5.52. The van der Waals surface area contributed by atoms with Gasteiger partial charge in [-0.2, -0.15) is 0 Å². The number of benzene rings is 1. The predicted molar refractivity (Wildman–Crippen MR) is 63.8 cm³/mol. The van der Waals surface area contributed by atoms with E-state index in [-0.39, 0.29) is 6.79 Å². The first-order chi connectivity index (χ1) is 7.57. The smallest absolute Gasteiger partial charge is 0.147 e. The van der Waals surface area contributed by atoms with Crippen LogP contribution >= 0.6 is 23.2 Å². The molecule has 0 aliphatic rings. The van der Waals surface area contributed by atoms with E-state index < -0.39 is 12.2 Å². The van der Waals surface area contributed by atoms with E-state index in [1.54, 1.807) is 25.1 Å². The molecule has 0 amide bonds. The molecule has 1 aromatic rings. The predicted octanol–water partition coefficient (Wildman–Crippen LogP) is 3.04. The van der Waals surface area contributed by atoms with Crippen molar-refractivity contribution in [1.82, 2.24) is 0 Å². The van der Waals surface area contributed by atoms with Gasteiger partial charge in [-0.05, 0) is 19.1 Å². The van der Waals surface area contributed by atoms with Crippen molar-refractivity contribution in [3.8, 4) is 0 Å². The molecule has 0 aromatic heterocycles. The zero-order valence-corrected chi connectivity index (χ0v) is 10.6. The molecule has 5 heteroatoms. The number of hydrogen-bond acceptors (Lipinski definition) is 3. The lowest BCUT2D eigenvalue weighted by atomic mass is 10.1. The molecule has 0 bridgehead atoms. The van der Waals surface area contributed by atoms with Crippen molar-refractivity contribution in [2.24, 2.45) is 0 Å². The lowest BCUT2D eigenvalue weighted by Crippen LogP contribution is -2.20. The molecular formula is C11H14Cl2O3. The van der Waals surface area contributed by atoms with Crippen molar-refractivity contribution in [3.05, 3.63) is 33.8 Å². The van der Waals surface area contributed by atoms with E-state index in [4.69, 9.17) is 32.7 Å². The van der Waals surface area contributed by atoms with E-state index in [1.807, 2.05) is 0 Å². The van der Waals surface area contributed by atoms with E-state index in [1.165, 1.54) is 7.11 Å². The Balaban J connectivity index is 3.00. The van der Waals surface area contributed by atoms with Crippen molar-refractivity contribution >= 4 is 23.2 Å². The van der Waals surface area contributed by atoms with Crippen LogP contribution < -0.4 is 0 Å². The largest absolute Gasteiger partial charge is 0.390 e. The van der Waals surface area contributed by atoms with Gasteiger partial charge in [0.05, 0.1) is 6.10 Å². The summed E-state index contributed by atoms with van der Waals surface area (Å²) in [7, 11) is 1.51. The van der Waals surface area contributed by atoms with E-state index in [0.29, 0.717) is 15.6 Å². The lowest BCUT2D eigenvalue weighted by Gasteiger charge is -2.22. The van der Waals surface area contributed by atoms with Crippen molar-refractivity contribution < 1.29 is 14.6 Å². The molecule has 0 heterocycles. The lowest BCUT2D eigenvalue weighted by molar-refractivity contribution is -0.110. The molecule has 1 aromatic carbocycles. The highest BCUT2D eigenvalue weighted by Gasteiger charge is 2.23. The number of aliphatic hydroxyl groups excluding tert-OH is 1. The fourth-order valence-electron chi connectivity index (χ4n) is 1.39. The molecule has 0 saturated carbocycles. The third-order valence-electron chi connectivity index (χ3n) is 2.09. The van der Waals surface area contributed by atoms with E-state index >= 15 is 0 Å². The van der Waals surface area contributed by atoms with E-state index in [0.717, 1.165) is 0 Å². The monoisotopic (exact) mass is 264 g/mol. The van der Waals surface area contributed by atoms with Gasteiger partial charge in [-0.15, -0.1) is 0 Å². The Morgan fingerprint density at radius 2 is 1.88 bits per heavy atom. The number of aliphatic hydroxyl groups is 1. The summed E-state index contributed by atoms with van der Waals surface area (Å²) in [6.07, 6.45) is -1.33. The van der Waals surface area contributed by atoms with Crippen LogP contribution in [0.25, 0.3) is 0 Å². The number of hydrogen-bond donors (Lipinski definition) is 1. The normalized spacial score (nSPS) is 14.8. The molecule has 90 valence electrons. The summed E-state index contributed by atoms with van der Waals surface area (Å²) < 4.78 is 10.2. The van der Waals surface area contributed by atoms with Gasteiger partial charge in [0.2, 0.25) is 0 Å². The summed E-state index contributed by atoms with van der Waals surface area (Å²) in [4.78, 5) is 0. The fraction of sp³-hybridized carbons (Fsp3) is 0.455. The van der Waals surface area contributed by atoms with Gasteiger partial charge in [-0.3, -0.25) is 0 Å². The second kappa shape index (κ2) is 6.42. The molecule has 0 saturated heterocycles. The van der Waals surface area contributed by atoms with E-state index in [9.17, 15) is 5.11 Å². The van der Waals surface area contributed by atoms with Crippen LogP contribution in [0.2, 0.25) is 10.0 Å². The van der Waals surface area contributed by atoms with Crippen LogP contribution in [0.3, 0.4) is 0 Å². The summed E-state index contributed by atoms with van der Waals surface area (Å²) >= 11 is 12.1. The summed E-state index contributed by atoms with van der Waals surface area (Å²) in [5.74, 6) is 0.